The Morgan fingerprint density at radius 1 is 1.13 bits per heavy atom. The van der Waals surface area contributed by atoms with Crippen molar-refractivity contribution in [2.24, 2.45) is 4.99 Å². The molecule has 3 N–H and O–H groups in total. The highest BCUT2D eigenvalue weighted by Gasteiger charge is 2.33. The smallest absolute Gasteiger partial charge is 0.240 e. The molecule has 7 nitrogen and oxygen atoms in total. The third-order valence-corrected chi connectivity index (χ3v) is 6.24. The van der Waals surface area contributed by atoms with E-state index >= 15 is 0 Å². The molecule has 3 rings (SSSR count). The van der Waals surface area contributed by atoms with Crippen LogP contribution < -0.4 is 20.1 Å². The summed E-state index contributed by atoms with van der Waals surface area (Å²) in [7, 11) is -3.53. The Balaban J connectivity index is 0.00000341. The van der Waals surface area contributed by atoms with Crippen LogP contribution in [0.3, 0.4) is 0 Å². The lowest BCUT2D eigenvalue weighted by molar-refractivity contribution is 0.0694. The summed E-state index contributed by atoms with van der Waals surface area (Å²) in [6, 6.07) is 16.4. The number of halogens is 1. The topological polar surface area (TPSA) is 91.8 Å². The van der Waals surface area contributed by atoms with Gasteiger partial charge in [0.05, 0.1) is 17.5 Å². The van der Waals surface area contributed by atoms with Gasteiger partial charge in [0.15, 0.2) is 5.96 Å². The van der Waals surface area contributed by atoms with Crippen LogP contribution in [0.15, 0.2) is 64.5 Å². The number of hydrogen-bond acceptors (Lipinski definition) is 4. The number of ether oxygens (including phenoxy) is 1. The summed E-state index contributed by atoms with van der Waals surface area (Å²) in [6.45, 7) is 7.37. The Morgan fingerprint density at radius 3 is 2.52 bits per heavy atom. The maximum Gasteiger partial charge on any atom is 0.240 e. The Hall–Kier alpha value is -1.85. The fourth-order valence-electron chi connectivity index (χ4n) is 3.45. The average Bonchev–Trinajstić information content (AvgIpc) is 2.71. The Kier molecular flexibility index (Phi) is 9.14. The maximum absolute atomic E-state index is 12.3. The molecule has 0 amide bonds. The molecule has 1 unspecified atom stereocenters. The van der Waals surface area contributed by atoms with Crippen LogP contribution in [-0.2, 0) is 10.0 Å². The molecule has 2 aromatic carbocycles. The van der Waals surface area contributed by atoms with E-state index in [1.165, 1.54) is 0 Å². The van der Waals surface area contributed by atoms with Crippen molar-refractivity contribution in [2.75, 3.05) is 19.6 Å². The minimum absolute atomic E-state index is 0. The zero-order chi connectivity index (χ0) is 21.6. The van der Waals surface area contributed by atoms with Crippen LogP contribution in [-0.4, -0.2) is 39.6 Å². The van der Waals surface area contributed by atoms with E-state index in [0.29, 0.717) is 19.0 Å². The number of aliphatic imine (C=N–C) groups is 1. The minimum Gasteiger partial charge on any atom is -0.487 e. The lowest BCUT2D eigenvalue weighted by atomic mass is 9.90. The van der Waals surface area contributed by atoms with Crippen LogP contribution in [0, 0.1) is 0 Å². The van der Waals surface area contributed by atoms with Crippen molar-refractivity contribution >= 4 is 40.0 Å². The van der Waals surface area contributed by atoms with Crippen molar-refractivity contribution in [3.05, 3.63) is 60.2 Å². The number of fused-ring (bicyclic) bond motifs is 1. The van der Waals surface area contributed by atoms with E-state index in [9.17, 15) is 8.42 Å². The highest BCUT2D eigenvalue weighted by molar-refractivity contribution is 14.0. The summed E-state index contributed by atoms with van der Waals surface area (Å²) in [4.78, 5) is 4.80. The van der Waals surface area contributed by atoms with Gasteiger partial charge < -0.3 is 15.4 Å². The summed E-state index contributed by atoms with van der Waals surface area (Å²) < 4.78 is 33.3. The summed E-state index contributed by atoms with van der Waals surface area (Å²) >= 11 is 0. The molecule has 0 spiro atoms. The Bertz CT molecular complexity index is 981. The average molecular weight is 558 g/mol. The summed E-state index contributed by atoms with van der Waals surface area (Å²) in [5.41, 5.74) is 0.793. The van der Waals surface area contributed by atoms with E-state index in [2.05, 4.69) is 40.3 Å². The molecule has 1 atom stereocenters. The second kappa shape index (κ2) is 11.1. The molecule has 0 saturated carbocycles. The highest BCUT2D eigenvalue weighted by atomic mass is 127. The Labute approximate surface area is 202 Å². The van der Waals surface area contributed by atoms with Gasteiger partial charge in [0.2, 0.25) is 10.0 Å². The number of benzene rings is 2. The number of nitrogens with one attached hydrogen (secondary N) is 3. The molecule has 0 aromatic heterocycles. The van der Waals surface area contributed by atoms with Gasteiger partial charge in [-0.3, -0.25) is 4.99 Å². The molecule has 170 valence electrons. The fourth-order valence-corrected chi connectivity index (χ4v) is 4.49. The number of nitrogens with zero attached hydrogens (tertiary/aromatic N) is 1. The molecular formula is C22H31IN4O3S. The first-order valence-corrected chi connectivity index (χ1v) is 11.7. The molecule has 0 bridgehead atoms. The monoisotopic (exact) mass is 558 g/mol. The van der Waals surface area contributed by atoms with Gasteiger partial charge in [-0.1, -0.05) is 36.4 Å². The minimum atomic E-state index is -3.53. The standard InChI is InChI=1S/C22H30N4O3S.HI/c1-4-23-21(24-14-15-25-30(27,28)17-10-6-5-7-11-17)26-19-16-22(2,3)29-20-13-9-8-12-18(19)20;/h5-13,19,25H,4,14-16H2,1-3H3,(H2,23,24,26);1H. The van der Waals surface area contributed by atoms with Crippen molar-refractivity contribution in [2.45, 2.75) is 43.7 Å². The molecule has 1 heterocycles. The van der Waals surface area contributed by atoms with Crippen molar-refractivity contribution < 1.29 is 13.2 Å². The van der Waals surface area contributed by atoms with Crippen molar-refractivity contribution in [1.82, 2.24) is 15.4 Å². The highest BCUT2D eigenvalue weighted by Crippen LogP contribution is 2.39. The van der Waals surface area contributed by atoms with Crippen molar-refractivity contribution in [3.8, 4) is 5.75 Å². The second-order valence-electron chi connectivity index (χ2n) is 7.77. The first kappa shape index (κ1) is 25.4. The molecule has 0 aliphatic carbocycles. The number of guanidine groups is 1. The fraction of sp³-hybridized carbons (Fsp3) is 0.409. The molecular weight excluding hydrogens is 527 g/mol. The van der Waals surface area contributed by atoms with E-state index in [-0.39, 0.29) is 47.1 Å². The second-order valence-corrected chi connectivity index (χ2v) is 9.54. The molecule has 0 fully saturated rings. The van der Waals surface area contributed by atoms with Crippen LogP contribution in [0.25, 0.3) is 0 Å². The van der Waals surface area contributed by atoms with Gasteiger partial charge in [0, 0.05) is 25.1 Å². The lowest BCUT2D eigenvalue weighted by Gasteiger charge is -2.38. The maximum atomic E-state index is 12.3. The van der Waals surface area contributed by atoms with Crippen molar-refractivity contribution in [3.63, 3.8) is 0 Å². The van der Waals surface area contributed by atoms with Crippen LogP contribution in [0.2, 0.25) is 0 Å². The zero-order valence-corrected chi connectivity index (χ0v) is 21.2. The van der Waals surface area contributed by atoms with Crippen LogP contribution in [0.1, 0.15) is 38.8 Å². The summed E-state index contributed by atoms with van der Waals surface area (Å²) in [5, 5.41) is 6.72. The van der Waals surface area contributed by atoms with E-state index in [1.54, 1.807) is 30.3 Å². The zero-order valence-electron chi connectivity index (χ0n) is 18.1. The van der Waals surface area contributed by atoms with Gasteiger partial charge in [-0.25, -0.2) is 13.1 Å². The van der Waals surface area contributed by atoms with E-state index in [1.807, 2.05) is 25.1 Å². The number of para-hydroxylation sites is 1. The van der Waals surface area contributed by atoms with Crippen LogP contribution in [0.4, 0.5) is 0 Å². The first-order valence-electron chi connectivity index (χ1n) is 10.2. The predicted octanol–water partition coefficient (Wildman–Crippen LogP) is 3.44. The van der Waals surface area contributed by atoms with E-state index in [0.717, 1.165) is 17.7 Å². The van der Waals surface area contributed by atoms with Crippen molar-refractivity contribution in [1.29, 1.82) is 0 Å². The first-order chi connectivity index (χ1) is 14.3. The molecule has 1 aliphatic rings. The van der Waals surface area contributed by atoms with Gasteiger partial charge in [0.25, 0.3) is 0 Å². The number of rotatable bonds is 7. The molecule has 2 aromatic rings. The molecule has 0 saturated heterocycles. The SMILES string of the molecule is CCNC(=NCCNS(=O)(=O)c1ccccc1)NC1CC(C)(C)Oc2ccccc21.I. The summed E-state index contributed by atoms with van der Waals surface area (Å²) in [6.07, 6.45) is 0.787. The number of hydrogen-bond donors (Lipinski definition) is 3. The van der Waals surface area contributed by atoms with Gasteiger partial charge in [-0.15, -0.1) is 24.0 Å². The third-order valence-electron chi connectivity index (χ3n) is 4.76. The normalized spacial score (nSPS) is 17.6. The summed E-state index contributed by atoms with van der Waals surface area (Å²) in [5.74, 6) is 1.52. The predicted molar refractivity (Wildman–Crippen MR) is 135 cm³/mol. The number of sulfonamides is 1. The molecule has 1 aliphatic heterocycles. The van der Waals surface area contributed by atoms with Gasteiger partial charge in [-0.05, 0) is 39.0 Å². The Morgan fingerprint density at radius 2 is 1.81 bits per heavy atom. The largest absolute Gasteiger partial charge is 0.487 e. The molecule has 9 heteroatoms. The quantitative estimate of drug-likeness (QED) is 0.210. The van der Waals surface area contributed by atoms with E-state index in [4.69, 9.17) is 4.74 Å². The van der Waals surface area contributed by atoms with Gasteiger partial charge in [0.1, 0.15) is 11.4 Å². The van der Waals surface area contributed by atoms with Crippen LogP contribution in [0.5, 0.6) is 5.75 Å². The molecule has 31 heavy (non-hydrogen) atoms. The third kappa shape index (κ3) is 7.08. The van der Waals surface area contributed by atoms with Crippen LogP contribution >= 0.6 is 24.0 Å². The molecule has 0 radical (unpaired) electrons. The van der Waals surface area contributed by atoms with E-state index < -0.39 is 10.0 Å². The van der Waals surface area contributed by atoms with Gasteiger partial charge >= 0.3 is 0 Å². The lowest BCUT2D eigenvalue weighted by Crippen LogP contribution is -2.45. The van der Waals surface area contributed by atoms with Gasteiger partial charge in [-0.2, -0.15) is 0 Å².